The SMILES string of the molecule is COc1ccc(C(=[OH+])c2ccc(Sc3ccc(-c4cc(F)ccc4Sc4ccc(F)cc4)cc3)cc2)cc1.F[P-](F)(F)(F)(F)F. The summed E-state index contributed by atoms with van der Waals surface area (Å²) < 4.78 is 91.8. The van der Waals surface area contributed by atoms with Gasteiger partial charge in [0, 0.05) is 19.6 Å². The van der Waals surface area contributed by atoms with Crippen molar-refractivity contribution in [2.24, 2.45) is 0 Å². The second-order valence-electron chi connectivity index (χ2n) is 9.38. The van der Waals surface area contributed by atoms with Crippen LogP contribution in [-0.2, 0) is 0 Å². The molecular weight excluding hydrogens is 663 g/mol. The fraction of sp³-hybridized carbons (Fsp3) is 0.0312. The van der Waals surface area contributed by atoms with E-state index >= 15 is 0 Å². The minimum atomic E-state index is -10.7. The number of benzene rings is 5. The van der Waals surface area contributed by atoms with Gasteiger partial charge in [0.1, 0.15) is 17.4 Å². The van der Waals surface area contributed by atoms with Gasteiger partial charge in [-0.15, -0.1) is 0 Å². The molecule has 0 aromatic heterocycles. The molecule has 0 radical (unpaired) electrons. The van der Waals surface area contributed by atoms with Crippen LogP contribution >= 0.6 is 31.3 Å². The zero-order valence-corrected chi connectivity index (χ0v) is 25.6. The molecule has 2 nitrogen and oxygen atoms in total. The Kier molecular flexibility index (Phi) is 9.73. The summed E-state index contributed by atoms with van der Waals surface area (Å²) in [5, 5.41) is 0. The molecule has 5 aromatic carbocycles. The predicted octanol–water partition coefficient (Wildman–Crippen LogP) is 12.3. The third-order valence-electron chi connectivity index (χ3n) is 5.88. The molecule has 13 heteroatoms. The van der Waals surface area contributed by atoms with Crippen molar-refractivity contribution in [3.05, 3.63) is 138 Å². The van der Waals surface area contributed by atoms with Gasteiger partial charge in [0.25, 0.3) is 0 Å². The van der Waals surface area contributed by atoms with Gasteiger partial charge >= 0.3 is 38.8 Å². The van der Waals surface area contributed by atoms with Crippen molar-refractivity contribution in [3.63, 3.8) is 0 Å². The van der Waals surface area contributed by atoms with E-state index in [0.29, 0.717) is 0 Å². The van der Waals surface area contributed by atoms with Crippen LogP contribution in [0.25, 0.3) is 11.1 Å². The van der Waals surface area contributed by atoms with Gasteiger partial charge in [-0.3, -0.25) is 4.79 Å². The average molecular weight is 687 g/mol. The molecule has 0 bridgehead atoms. The fourth-order valence-electron chi connectivity index (χ4n) is 3.88. The number of ketones is 1. The molecule has 236 valence electrons. The molecule has 1 N–H and O–H groups in total. The van der Waals surface area contributed by atoms with Gasteiger partial charge in [-0.05, 0) is 114 Å². The number of hydrogen-bond acceptors (Lipinski definition) is 3. The van der Waals surface area contributed by atoms with Crippen LogP contribution in [0.5, 0.6) is 5.75 Å². The van der Waals surface area contributed by atoms with Crippen LogP contribution in [0.3, 0.4) is 0 Å². The number of halogens is 8. The van der Waals surface area contributed by atoms with E-state index in [2.05, 4.69) is 0 Å². The molecule has 0 saturated heterocycles. The van der Waals surface area contributed by atoms with E-state index in [4.69, 9.17) is 4.74 Å². The molecule has 0 saturated carbocycles. The van der Waals surface area contributed by atoms with Crippen molar-refractivity contribution in [2.75, 3.05) is 7.11 Å². The fourth-order valence-corrected chi connectivity index (χ4v) is 5.65. The minimum absolute atomic E-state index is 0.206. The van der Waals surface area contributed by atoms with E-state index in [-0.39, 0.29) is 17.4 Å². The first-order chi connectivity index (χ1) is 20.9. The quantitative estimate of drug-likeness (QED) is 0.0705. The van der Waals surface area contributed by atoms with Crippen molar-refractivity contribution in [1.29, 1.82) is 0 Å². The van der Waals surface area contributed by atoms with Crippen LogP contribution in [0.4, 0.5) is 34.0 Å². The second-order valence-corrected chi connectivity index (χ2v) is 13.6. The number of ether oxygens (including phenoxy) is 1. The van der Waals surface area contributed by atoms with Crippen LogP contribution in [0, 0.1) is 11.6 Å². The van der Waals surface area contributed by atoms with Crippen molar-refractivity contribution in [2.45, 2.75) is 19.6 Å². The Morgan fingerprint density at radius 2 is 1.00 bits per heavy atom. The van der Waals surface area contributed by atoms with Crippen LogP contribution in [-0.4, -0.2) is 17.7 Å². The zero-order chi connectivity index (χ0) is 32.9. The normalized spacial score (nSPS) is 12.7. The molecule has 0 aliphatic heterocycles. The molecule has 0 spiro atoms. The standard InChI is InChI=1S/C32H22F2O2S2.F6P/c1-36-26-11-2-22(3-12-26)32(35)23-6-15-28(16-7-23)37-27-13-4-21(5-14-27)30-20-25(34)10-19-31(30)38-29-17-8-24(33)9-18-29;1-7(2,3,4,5)6/h2-20H,1H3;/q;-1/p+1. The van der Waals surface area contributed by atoms with Crippen LogP contribution in [0.15, 0.2) is 135 Å². The van der Waals surface area contributed by atoms with Gasteiger partial charge in [-0.2, -0.15) is 0 Å². The number of methoxy groups -OCH3 is 1. The first kappa shape index (κ1) is 34.0. The average Bonchev–Trinajstić information content (AvgIpc) is 2.98. The van der Waals surface area contributed by atoms with E-state index in [1.165, 1.54) is 36.0 Å². The summed E-state index contributed by atoms with van der Waals surface area (Å²) in [5.74, 6) is 0.345. The van der Waals surface area contributed by atoms with E-state index < -0.39 is 7.81 Å². The third-order valence-corrected chi connectivity index (χ3v) is 7.97. The first-order valence-electron chi connectivity index (χ1n) is 12.8. The summed E-state index contributed by atoms with van der Waals surface area (Å²) in [6.45, 7) is 0. The zero-order valence-electron chi connectivity index (χ0n) is 23.1. The second kappa shape index (κ2) is 12.9. The Hall–Kier alpha value is -3.86. The van der Waals surface area contributed by atoms with Crippen LogP contribution in [0.1, 0.15) is 11.1 Å². The van der Waals surface area contributed by atoms with Crippen LogP contribution < -0.4 is 4.74 Å². The van der Waals surface area contributed by atoms with Crippen molar-refractivity contribution in [3.8, 4) is 16.9 Å². The predicted molar refractivity (Wildman–Crippen MR) is 165 cm³/mol. The summed E-state index contributed by atoms with van der Waals surface area (Å²) in [5.41, 5.74) is 3.13. The molecule has 0 atom stereocenters. The Morgan fingerprint density at radius 1 is 0.578 bits per heavy atom. The van der Waals surface area contributed by atoms with Gasteiger partial charge in [-0.1, -0.05) is 35.7 Å². The van der Waals surface area contributed by atoms with Crippen molar-refractivity contribution >= 4 is 37.1 Å². The summed E-state index contributed by atoms with van der Waals surface area (Å²) in [4.78, 5) is 14.5. The van der Waals surface area contributed by atoms with Gasteiger partial charge in [0.05, 0.1) is 18.2 Å². The van der Waals surface area contributed by atoms with E-state index in [1.807, 2.05) is 72.8 Å². The van der Waals surface area contributed by atoms with Crippen molar-refractivity contribution in [1.82, 2.24) is 0 Å². The first-order valence-corrected chi connectivity index (χ1v) is 16.5. The van der Waals surface area contributed by atoms with E-state index in [0.717, 1.165) is 47.6 Å². The van der Waals surface area contributed by atoms with Gasteiger partial charge in [0.2, 0.25) is 0 Å². The van der Waals surface area contributed by atoms with E-state index in [1.54, 1.807) is 37.1 Å². The Balaban J connectivity index is 0.000000591. The molecule has 5 aromatic rings. The molecule has 0 unspecified atom stereocenters. The monoisotopic (exact) mass is 686 g/mol. The maximum absolute atomic E-state index is 14.1. The molecule has 5 rings (SSSR count). The molecule has 0 amide bonds. The molecule has 0 heterocycles. The molecule has 0 aliphatic rings. The summed E-state index contributed by atoms with van der Waals surface area (Å²) in [7, 11) is -9.05. The van der Waals surface area contributed by atoms with Crippen LogP contribution in [0.2, 0.25) is 0 Å². The summed E-state index contributed by atoms with van der Waals surface area (Å²) in [6.07, 6.45) is 0. The number of carbonyl (C=O) groups excluding carboxylic acids is 1. The molecule has 45 heavy (non-hydrogen) atoms. The Labute approximate surface area is 261 Å². The number of hydrogen-bond donors (Lipinski definition) is 0. The van der Waals surface area contributed by atoms with Crippen molar-refractivity contribution < 1.29 is 43.5 Å². The van der Waals surface area contributed by atoms with Gasteiger partial charge in [0.15, 0.2) is 0 Å². The molecule has 0 fully saturated rings. The number of rotatable bonds is 8. The van der Waals surface area contributed by atoms with E-state index in [9.17, 15) is 38.8 Å². The Bertz CT molecular complexity index is 1770. The molecule has 0 aliphatic carbocycles. The van der Waals surface area contributed by atoms with Gasteiger partial charge in [-0.25, -0.2) is 8.78 Å². The summed E-state index contributed by atoms with van der Waals surface area (Å²) >= 11 is 3.07. The summed E-state index contributed by atoms with van der Waals surface area (Å²) in [6, 6.07) is 33.9. The maximum atomic E-state index is 14.1. The topological polar surface area (TPSA) is 30.6 Å². The third kappa shape index (κ3) is 11.5. The Morgan fingerprint density at radius 3 is 1.51 bits per heavy atom. The van der Waals surface area contributed by atoms with Gasteiger partial charge < -0.3 is 4.74 Å². The molecular formula is C32H23F8O2PS2.